The summed E-state index contributed by atoms with van der Waals surface area (Å²) in [6, 6.07) is 5.26. The Hall–Kier alpha value is -2.33. The van der Waals surface area contributed by atoms with E-state index in [-0.39, 0.29) is 18.2 Å². The Bertz CT molecular complexity index is 576. The second-order valence-electron chi connectivity index (χ2n) is 4.43. The number of ketones is 1. The van der Waals surface area contributed by atoms with Gasteiger partial charge in [-0.2, -0.15) is 0 Å². The first-order valence-corrected chi connectivity index (χ1v) is 6.08. The molecular formula is C13H14N4O2. The Morgan fingerprint density at radius 2 is 2.26 bits per heavy atom. The lowest BCUT2D eigenvalue weighted by Crippen LogP contribution is -2.33. The number of aryl methyl sites for hydroxylation is 1. The van der Waals surface area contributed by atoms with Crippen LogP contribution in [0.25, 0.3) is 10.4 Å². The van der Waals surface area contributed by atoms with Crippen LogP contribution in [0.15, 0.2) is 23.3 Å². The van der Waals surface area contributed by atoms with Crippen molar-refractivity contribution in [2.24, 2.45) is 5.11 Å². The molecule has 0 spiro atoms. The fourth-order valence-electron chi connectivity index (χ4n) is 2.28. The smallest absolute Gasteiger partial charge is 0.223 e. The summed E-state index contributed by atoms with van der Waals surface area (Å²) in [5.74, 6) is -0.199. The van der Waals surface area contributed by atoms with Gasteiger partial charge in [-0.05, 0) is 42.1 Å². The van der Waals surface area contributed by atoms with Crippen LogP contribution in [0.3, 0.4) is 0 Å². The third-order valence-corrected chi connectivity index (χ3v) is 3.18. The highest BCUT2D eigenvalue weighted by molar-refractivity contribution is 5.99. The van der Waals surface area contributed by atoms with Gasteiger partial charge in [0.15, 0.2) is 5.78 Å². The summed E-state index contributed by atoms with van der Waals surface area (Å²) in [4.78, 5) is 27.6. The molecule has 19 heavy (non-hydrogen) atoms. The summed E-state index contributed by atoms with van der Waals surface area (Å²) in [6.45, 7) is 2.08. The molecule has 0 bridgehead atoms. The molecule has 1 aromatic rings. The fourth-order valence-corrected chi connectivity index (χ4v) is 2.28. The van der Waals surface area contributed by atoms with Gasteiger partial charge in [0, 0.05) is 29.6 Å². The molecule has 1 aliphatic heterocycles. The minimum absolute atomic E-state index is 0.00843. The first-order chi connectivity index (χ1) is 9.13. The summed E-state index contributed by atoms with van der Waals surface area (Å²) in [5.41, 5.74) is 10.6. The maximum Gasteiger partial charge on any atom is 0.223 e. The van der Waals surface area contributed by atoms with Crippen LogP contribution in [0, 0.1) is 0 Å². The monoisotopic (exact) mass is 258 g/mol. The Balaban J connectivity index is 2.31. The van der Waals surface area contributed by atoms with Crippen LogP contribution >= 0.6 is 0 Å². The zero-order valence-corrected chi connectivity index (χ0v) is 10.7. The highest BCUT2D eigenvalue weighted by Crippen LogP contribution is 2.28. The number of Topliss-reactive ketones (excluding diaryl/α,β-unsaturated/α-hetero) is 1. The van der Waals surface area contributed by atoms with E-state index in [9.17, 15) is 9.59 Å². The van der Waals surface area contributed by atoms with E-state index in [1.807, 2.05) is 0 Å². The van der Waals surface area contributed by atoms with Gasteiger partial charge < -0.3 is 4.90 Å². The standard InChI is InChI=1S/C13H14N4O2/c1-9(18)17-6-2-3-10-7-11(4-5-12(10)17)13(19)8-15-16-14/h4-5,7H,2-3,6,8H2,1H3. The molecule has 0 radical (unpaired) electrons. The van der Waals surface area contributed by atoms with Gasteiger partial charge in [0.2, 0.25) is 5.91 Å². The number of amides is 1. The van der Waals surface area contributed by atoms with Crippen molar-refractivity contribution >= 4 is 17.4 Å². The lowest BCUT2D eigenvalue weighted by Gasteiger charge is -2.28. The molecular weight excluding hydrogens is 244 g/mol. The lowest BCUT2D eigenvalue weighted by atomic mass is 9.97. The number of hydrogen-bond acceptors (Lipinski definition) is 3. The molecule has 1 heterocycles. The third-order valence-electron chi connectivity index (χ3n) is 3.18. The molecule has 6 heteroatoms. The summed E-state index contributed by atoms with van der Waals surface area (Å²) in [6.07, 6.45) is 1.74. The Labute approximate surface area is 110 Å². The quantitative estimate of drug-likeness (QED) is 0.361. The van der Waals surface area contributed by atoms with Crippen LogP contribution in [0.1, 0.15) is 29.3 Å². The van der Waals surface area contributed by atoms with Crippen molar-refractivity contribution < 1.29 is 9.59 Å². The van der Waals surface area contributed by atoms with E-state index in [0.717, 1.165) is 24.1 Å². The molecule has 0 N–H and O–H groups in total. The van der Waals surface area contributed by atoms with Gasteiger partial charge in [-0.25, -0.2) is 0 Å². The Morgan fingerprint density at radius 1 is 1.47 bits per heavy atom. The van der Waals surface area contributed by atoms with E-state index >= 15 is 0 Å². The first kappa shape index (κ1) is 13.1. The molecule has 6 nitrogen and oxygen atoms in total. The van der Waals surface area contributed by atoms with Gasteiger partial charge in [0.05, 0.1) is 6.54 Å². The van der Waals surface area contributed by atoms with Crippen molar-refractivity contribution in [1.29, 1.82) is 0 Å². The molecule has 0 aromatic heterocycles. The van der Waals surface area contributed by atoms with Gasteiger partial charge in [-0.1, -0.05) is 5.11 Å². The van der Waals surface area contributed by atoms with Crippen molar-refractivity contribution in [2.75, 3.05) is 18.0 Å². The highest BCUT2D eigenvalue weighted by Gasteiger charge is 2.20. The van der Waals surface area contributed by atoms with E-state index in [1.54, 1.807) is 23.1 Å². The minimum atomic E-state index is -0.208. The van der Waals surface area contributed by atoms with E-state index in [0.29, 0.717) is 12.1 Å². The van der Waals surface area contributed by atoms with Gasteiger partial charge in [0.25, 0.3) is 0 Å². The number of benzene rings is 1. The zero-order valence-electron chi connectivity index (χ0n) is 10.7. The van der Waals surface area contributed by atoms with Gasteiger partial charge in [0.1, 0.15) is 0 Å². The average molecular weight is 258 g/mol. The van der Waals surface area contributed by atoms with Gasteiger partial charge in [-0.3, -0.25) is 9.59 Å². The SMILES string of the molecule is CC(=O)N1CCCc2cc(C(=O)CN=[N+]=[N-])ccc21. The lowest BCUT2D eigenvalue weighted by molar-refractivity contribution is -0.116. The molecule has 1 amide bonds. The molecule has 2 rings (SSSR count). The summed E-state index contributed by atoms with van der Waals surface area (Å²) >= 11 is 0. The van der Waals surface area contributed by atoms with Crippen LogP contribution < -0.4 is 4.90 Å². The molecule has 0 unspecified atom stereocenters. The molecule has 0 fully saturated rings. The number of rotatable bonds is 3. The number of carbonyl (C=O) groups excluding carboxylic acids is 2. The summed E-state index contributed by atoms with van der Waals surface area (Å²) in [7, 11) is 0. The number of azide groups is 1. The number of fused-ring (bicyclic) bond motifs is 1. The summed E-state index contributed by atoms with van der Waals surface area (Å²) in [5, 5.41) is 3.27. The molecule has 1 aromatic carbocycles. The molecule has 0 aliphatic carbocycles. The third kappa shape index (κ3) is 2.74. The molecule has 0 atom stereocenters. The molecule has 0 saturated carbocycles. The van der Waals surface area contributed by atoms with Crippen molar-refractivity contribution in [1.82, 2.24) is 0 Å². The van der Waals surface area contributed by atoms with Crippen LogP contribution in [-0.2, 0) is 11.2 Å². The van der Waals surface area contributed by atoms with E-state index in [1.165, 1.54) is 6.92 Å². The van der Waals surface area contributed by atoms with Gasteiger partial charge >= 0.3 is 0 Å². The molecule has 98 valence electrons. The average Bonchev–Trinajstić information content (AvgIpc) is 2.43. The van der Waals surface area contributed by atoms with Crippen molar-refractivity contribution in [3.8, 4) is 0 Å². The van der Waals surface area contributed by atoms with E-state index < -0.39 is 0 Å². The topological polar surface area (TPSA) is 86.1 Å². The zero-order chi connectivity index (χ0) is 13.8. The van der Waals surface area contributed by atoms with Crippen LogP contribution in [0.4, 0.5) is 5.69 Å². The maximum atomic E-state index is 11.8. The Morgan fingerprint density at radius 3 is 2.95 bits per heavy atom. The van der Waals surface area contributed by atoms with Crippen molar-refractivity contribution in [2.45, 2.75) is 19.8 Å². The largest absolute Gasteiger partial charge is 0.312 e. The minimum Gasteiger partial charge on any atom is -0.312 e. The normalized spacial score (nSPS) is 13.4. The predicted molar refractivity (Wildman–Crippen MR) is 71.1 cm³/mol. The Kier molecular flexibility index (Phi) is 3.82. The van der Waals surface area contributed by atoms with Crippen molar-refractivity contribution in [3.05, 3.63) is 39.8 Å². The van der Waals surface area contributed by atoms with Crippen LogP contribution in [0.2, 0.25) is 0 Å². The summed E-state index contributed by atoms with van der Waals surface area (Å²) < 4.78 is 0. The second kappa shape index (κ2) is 5.54. The molecule has 1 aliphatic rings. The van der Waals surface area contributed by atoms with Gasteiger partial charge in [-0.15, -0.1) is 0 Å². The number of carbonyl (C=O) groups is 2. The highest BCUT2D eigenvalue weighted by atomic mass is 16.2. The fraction of sp³-hybridized carbons (Fsp3) is 0.385. The number of nitrogens with zero attached hydrogens (tertiary/aromatic N) is 4. The number of anilines is 1. The molecule has 0 saturated heterocycles. The first-order valence-electron chi connectivity index (χ1n) is 6.08. The van der Waals surface area contributed by atoms with Crippen LogP contribution in [0.5, 0.6) is 0 Å². The number of hydrogen-bond donors (Lipinski definition) is 0. The predicted octanol–water partition coefficient (Wildman–Crippen LogP) is 2.48. The van der Waals surface area contributed by atoms with E-state index in [2.05, 4.69) is 10.0 Å². The maximum absolute atomic E-state index is 11.8. The van der Waals surface area contributed by atoms with Crippen molar-refractivity contribution in [3.63, 3.8) is 0 Å². The van der Waals surface area contributed by atoms with Crippen LogP contribution in [-0.4, -0.2) is 24.8 Å². The second-order valence-corrected chi connectivity index (χ2v) is 4.43. The van der Waals surface area contributed by atoms with E-state index in [4.69, 9.17) is 5.53 Å².